The second-order valence-electron chi connectivity index (χ2n) is 4.28. The van der Waals surface area contributed by atoms with Gasteiger partial charge in [0.1, 0.15) is 11.5 Å². The minimum atomic E-state index is 0.127. The molecule has 96 valence electrons. The highest BCUT2D eigenvalue weighted by Crippen LogP contribution is 2.41. The van der Waals surface area contributed by atoms with Crippen LogP contribution in [0.3, 0.4) is 0 Å². The lowest BCUT2D eigenvalue weighted by atomic mass is 10.0. The first-order chi connectivity index (χ1) is 8.41. The van der Waals surface area contributed by atoms with E-state index in [9.17, 15) is 0 Å². The van der Waals surface area contributed by atoms with Crippen LogP contribution in [0.2, 0.25) is 0 Å². The Hall–Kier alpha value is -0.0600. The van der Waals surface area contributed by atoms with E-state index in [2.05, 4.69) is 60.8 Å². The first kappa shape index (κ1) is 14.4. The lowest BCUT2D eigenvalue weighted by Crippen LogP contribution is -1.97. The van der Waals surface area contributed by atoms with Crippen LogP contribution in [0.4, 0.5) is 0 Å². The maximum absolute atomic E-state index is 5.70. The number of aryl methyl sites for hydroxylation is 2. The van der Waals surface area contributed by atoms with Gasteiger partial charge in [-0.25, -0.2) is 0 Å². The van der Waals surface area contributed by atoms with Gasteiger partial charge in [0.05, 0.1) is 4.83 Å². The van der Waals surface area contributed by atoms with Gasteiger partial charge in [0, 0.05) is 14.5 Å². The molecule has 4 heteroatoms. The van der Waals surface area contributed by atoms with Crippen molar-refractivity contribution in [2.45, 2.75) is 25.6 Å². The summed E-state index contributed by atoms with van der Waals surface area (Å²) in [6.45, 7) is 6.11. The highest BCUT2D eigenvalue weighted by atomic mass is 79.9. The summed E-state index contributed by atoms with van der Waals surface area (Å²) in [7, 11) is 0. The van der Waals surface area contributed by atoms with Crippen molar-refractivity contribution in [1.82, 2.24) is 0 Å². The van der Waals surface area contributed by atoms with Crippen LogP contribution >= 0.6 is 47.8 Å². The van der Waals surface area contributed by atoms with Crippen LogP contribution in [-0.4, -0.2) is 0 Å². The Morgan fingerprint density at radius 3 is 2.28 bits per heavy atom. The summed E-state index contributed by atoms with van der Waals surface area (Å²) < 4.78 is 7.86. The minimum absolute atomic E-state index is 0.127. The van der Waals surface area contributed by atoms with E-state index >= 15 is 0 Å². The Morgan fingerprint density at radius 1 is 1.06 bits per heavy atom. The summed E-state index contributed by atoms with van der Waals surface area (Å²) in [5.74, 6) is 1.96. The van der Waals surface area contributed by atoms with Gasteiger partial charge in [-0.05, 0) is 50.1 Å². The molecule has 0 aliphatic heterocycles. The lowest BCUT2D eigenvalue weighted by Gasteiger charge is -2.13. The van der Waals surface area contributed by atoms with E-state index in [1.54, 1.807) is 0 Å². The van der Waals surface area contributed by atoms with Gasteiger partial charge in [0.2, 0.25) is 0 Å². The summed E-state index contributed by atoms with van der Waals surface area (Å²) in [4.78, 5) is 0.127. The molecule has 0 radical (unpaired) electrons. The summed E-state index contributed by atoms with van der Waals surface area (Å²) >= 11 is 10.9. The number of furan rings is 1. The molecular weight excluding hydrogens is 424 g/mol. The Bertz CT molecular complexity index is 587. The molecule has 2 rings (SSSR count). The quantitative estimate of drug-likeness (QED) is 0.510. The molecule has 1 heterocycles. The molecule has 0 aliphatic carbocycles. The zero-order chi connectivity index (χ0) is 13.4. The van der Waals surface area contributed by atoms with Crippen LogP contribution in [0.5, 0.6) is 0 Å². The standard InChI is InChI=1S/C14H13Br3O/c1-7-8(2)18-9(3)13(7)14(17)11-6-10(15)4-5-12(11)16/h4-6,14H,1-3H3. The Balaban J connectivity index is 2.54. The van der Waals surface area contributed by atoms with Crippen molar-refractivity contribution in [2.75, 3.05) is 0 Å². The van der Waals surface area contributed by atoms with E-state index < -0.39 is 0 Å². The smallest absolute Gasteiger partial charge is 0.106 e. The molecule has 0 bridgehead atoms. The summed E-state index contributed by atoms with van der Waals surface area (Å²) in [6, 6.07) is 6.18. The monoisotopic (exact) mass is 434 g/mol. The molecule has 1 nitrogen and oxygen atoms in total. The van der Waals surface area contributed by atoms with Gasteiger partial charge in [-0.3, -0.25) is 0 Å². The molecule has 0 N–H and O–H groups in total. The second-order valence-corrected chi connectivity index (χ2v) is 6.97. The third kappa shape index (κ3) is 2.61. The van der Waals surface area contributed by atoms with E-state index in [1.165, 1.54) is 16.7 Å². The first-order valence-electron chi connectivity index (χ1n) is 5.57. The predicted octanol–water partition coefficient (Wildman–Crippen LogP) is 6.21. The van der Waals surface area contributed by atoms with Crippen molar-refractivity contribution >= 4 is 47.8 Å². The number of halogens is 3. The van der Waals surface area contributed by atoms with E-state index in [1.807, 2.05) is 26.0 Å². The summed E-state index contributed by atoms with van der Waals surface area (Å²) in [5, 5.41) is 0. The van der Waals surface area contributed by atoms with Gasteiger partial charge >= 0.3 is 0 Å². The molecule has 0 aliphatic rings. The molecule has 1 aromatic heterocycles. The van der Waals surface area contributed by atoms with Gasteiger partial charge < -0.3 is 4.42 Å². The van der Waals surface area contributed by atoms with Crippen LogP contribution in [0.1, 0.15) is 33.0 Å². The zero-order valence-electron chi connectivity index (χ0n) is 10.4. The number of hydrogen-bond acceptors (Lipinski definition) is 1. The van der Waals surface area contributed by atoms with Crippen molar-refractivity contribution in [3.05, 3.63) is 55.4 Å². The van der Waals surface area contributed by atoms with E-state index in [0.29, 0.717) is 0 Å². The molecule has 0 amide bonds. The summed E-state index contributed by atoms with van der Waals surface area (Å²) in [5.41, 5.74) is 3.61. The van der Waals surface area contributed by atoms with E-state index in [0.717, 1.165) is 20.5 Å². The number of hydrogen-bond donors (Lipinski definition) is 0. The molecular formula is C14H13Br3O. The van der Waals surface area contributed by atoms with Gasteiger partial charge in [0.25, 0.3) is 0 Å². The van der Waals surface area contributed by atoms with Crippen molar-refractivity contribution in [1.29, 1.82) is 0 Å². The molecule has 1 aromatic carbocycles. The average Bonchev–Trinajstić information content (AvgIpc) is 2.56. The van der Waals surface area contributed by atoms with E-state index in [-0.39, 0.29) is 4.83 Å². The lowest BCUT2D eigenvalue weighted by molar-refractivity contribution is 0.500. The van der Waals surface area contributed by atoms with E-state index in [4.69, 9.17) is 4.42 Å². The van der Waals surface area contributed by atoms with Crippen LogP contribution < -0.4 is 0 Å². The Morgan fingerprint density at radius 2 is 1.72 bits per heavy atom. The predicted molar refractivity (Wildman–Crippen MR) is 85.5 cm³/mol. The number of rotatable bonds is 2. The van der Waals surface area contributed by atoms with Crippen molar-refractivity contribution < 1.29 is 4.42 Å². The minimum Gasteiger partial charge on any atom is -0.466 e. The van der Waals surface area contributed by atoms with Crippen molar-refractivity contribution in [3.8, 4) is 0 Å². The third-order valence-corrected chi connectivity index (χ3v) is 5.27. The largest absolute Gasteiger partial charge is 0.466 e. The molecule has 18 heavy (non-hydrogen) atoms. The maximum Gasteiger partial charge on any atom is 0.106 e. The molecule has 1 unspecified atom stereocenters. The molecule has 2 aromatic rings. The fourth-order valence-corrected chi connectivity index (χ4v) is 4.25. The number of benzene rings is 1. The fourth-order valence-electron chi connectivity index (χ4n) is 2.05. The van der Waals surface area contributed by atoms with Crippen molar-refractivity contribution in [3.63, 3.8) is 0 Å². The molecule has 0 spiro atoms. The van der Waals surface area contributed by atoms with Gasteiger partial charge in [-0.15, -0.1) is 0 Å². The molecule has 0 saturated heterocycles. The maximum atomic E-state index is 5.70. The zero-order valence-corrected chi connectivity index (χ0v) is 15.1. The molecule has 1 atom stereocenters. The van der Waals surface area contributed by atoms with Gasteiger partial charge in [0.15, 0.2) is 0 Å². The Kier molecular flexibility index (Phi) is 4.40. The van der Waals surface area contributed by atoms with Crippen LogP contribution in [0.25, 0.3) is 0 Å². The fraction of sp³-hybridized carbons (Fsp3) is 0.286. The SMILES string of the molecule is Cc1oc(C)c(C(Br)c2cc(Br)ccc2Br)c1C. The Labute approximate surface area is 132 Å². The molecule has 0 saturated carbocycles. The number of alkyl halides is 1. The highest BCUT2D eigenvalue weighted by Gasteiger charge is 2.22. The third-order valence-electron chi connectivity index (χ3n) is 3.10. The van der Waals surface area contributed by atoms with Crippen molar-refractivity contribution in [2.24, 2.45) is 0 Å². The van der Waals surface area contributed by atoms with Crippen LogP contribution in [0, 0.1) is 20.8 Å². The molecule has 0 fully saturated rings. The van der Waals surface area contributed by atoms with Gasteiger partial charge in [-0.2, -0.15) is 0 Å². The van der Waals surface area contributed by atoms with Crippen LogP contribution in [0.15, 0.2) is 31.6 Å². The average molecular weight is 437 g/mol. The normalized spacial score (nSPS) is 12.8. The first-order valence-corrected chi connectivity index (χ1v) is 8.07. The topological polar surface area (TPSA) is 13.1 Å². The van der Waals surface area contributed by atoms with Crippen LogP contribution in [-0.2, 0) is 0 Å². The van der Waals surface area contributed by atoms with Gasteiger partial charge in [-0.1, -0.05) is 47.8 Å². The summed E-state index contributed by atoms with van der Waals surface area (Å²) in [6.07, 6.45) is 0. The second kappa shape index (κ2) is 5.51. The highest BCUT2D eigenvalue weighted by molar-refractivity contribution is 9.11.